The van der Waals surface area contributed by atoms with Gasteiger partial charge in [0.05, 0.1) is 23.5 Å². The minimum atomic E-state index is -3.56. The van der Waals surface area contributed by atoms with Gasteiger partial charge in [-0.15, -0.1) is 0 Å². The van der Waals surface area contributed by atoms with Crippen LogP contribution in [0.25, 0.3) is 0 Å². The number of hydroxylamine groups is 1. The van der Waals surface area contributed by atoms with Crippen molar-refractivity contribution in [2.45, 2.75) is 5.92 Å². The Hall–Kier alpha value is -3.16. The van der Waals surface area contributed by atoms with Crippen molar-refractivity contribution in [3.05, 3.63) is 96.1 Å². The number of rotatable bonds is 6. The predicted molar refractivity (Wildman–Crippen MR) is 108 cm³/mol. The normalized spacial score (nSPS) is 12.2. The fraction of sp³-hybridized carbons (Fsp3) is 0.0952. The molecule has 0 radical (unpaired) electrons. The molecule has 0 saturated heterocycles. The molecule has 1 amide bonds. The second-order valence-corrected chi connectivity index (χ2v) is 8.11. The lowest BCUT2D eigenvalue weighted by molar-refractivity contribution is -0.129. The van der Waals surface area contributed by atoms with Crippen molar-refractivity contribution < 1.29 is 18.4 Å². The van der Waals surface area contributed by atoms with Crippen LogP contribution in [0.4, 0.5) is 11.4 Å². The van der Waals surface area contributed by atoms with Crippen molar-refractivity contribution in [1.82, 2.24) is 5.48 Å². The molecule has 0 saturated carbocycles. The summed E-state index contributed by atoms with van der Waals surface area (Å²) in [5.41, 5.74) is 4.02. The summed E-state index contributed by atoms with van der Waals surface area (Å²) in [5, 5.41) is 9.14. The van der Waals surface area contributed by atoms with Crippen LogP contribution in [-0.2, 0) is 14.8 Å². The third-order valence-electron chi connectivity index (χ3n) is 4.29. The molecule has 0 aliphatic carbocycles. The first-order valence-electron chi connectivity index (χ1n) is 8.56. The van der Waals surface area contributed by atoms with E-state index < -0.39 is 21.8 Å². The Kier molecular flexibility index (Phi) is 5.77. The number of nitrogens with zero attached hydrogens (tertiary/aromatic N) is 1. The first-order chi connectivity index (χ1) is 13.4. The maximum atomic E-state index is 12.4. The van der Waals surface area contributed by atoms with Crippen LogP contribution in [0.1, 0.15) is 17.0 Å². The average Bonchev–Trinajstić information content (AvgIpc) is 2.70. The van der Waals surface area contributed by atoms with Gasteiger partial charge in [-0.3, -0.25) is 10.0 Å². The molecule has 7 heteroatoms. The summed E-state index contributed by atoms with van der Waals surface area (Å²) in [7, 11) is -3.56. The molecular weight excluding hydrogens is 376 g/mol. The zero-order chi connectivity index (χ0) is 20.1. The molecule has 6 nitrogen and oxygen atoms in total. The van der Waals surface area contributed by atoms with E-state index >= 15 is 0 Å². The van der Waals surface area contributed by atoms with Crippen molar-refractivity contribution in [2.24, 2.45) is 0 Å². The van der Waals surface area contributed by atoms with Crippen molar-refractivity contribution in [2.75, 3.05) is 10.6 Å². The van der Waals surface area contributed by atoms with E-state index in [1.54, 1.807) is 66.1 Å². The summed E-state index contributed by atoms with van der Waals surface area (Å²) < 4.78 is 25.9. The van der Waals surface area contributed by atoms with Gasteiger partial charge >= 0.3 is 0 Å². The van der Waals surface area contributed by atoms with Crippen molar-refractivity contribution in [1.29, 1.82) is 0 Å². The maximum absolute atomic E-state index is 12.4. The van der Waals surface area contributed by atoms with Gasteiger partial charge in [-0.2, -0.15) is 0 Å². The highest BCUT2D eigenvalue weighted by Gasteiger charge is 2.24. The van der Waals surface area contributed by atoms with Crippen LogP contribution in [-0.4, -0.2) is 25.8 Å². The van der Waals surface area contributed by atoms with Gasteiger partial charge in [0, 0.05) is 0 Å². The Morgan fingerprint density at radius 2 is 1.29 bits per heavy atom. The minimum Gasteiger partial charge on any atom is -0.289 e. The van der Waals surface area contributed by atoms with Gasteiger partial charge in [-0.25, -0.2) is 18.2 Å². The number of amides is 1. The first-order valence-corrected chi connectivity index (χ1v) is 10.4. The van der Waals surface area contributed by atoms with E-state index in [1.807, 2.05) is 24.3 Å². The topological polar surface area (TPSA) is 86.7 Å². The lowest BCUT2D eigenvalue weighted by Crippen LogP contribution is -2.27. The second kappa shape index (κ2) is 8.24. The molecule has 0 heterocycles. The molecule has 2 N–H and O–H groups in total. The fourth-order valence-electron chi connectivity index (χ4n) is 3.10. The average molecular weight is 396 g/mol. The highest BCUT2D eigenvalue weighted by atomic mass is 32.2. The number of para-hydroxylation sites is 1. The van der Waals surface area contributed by atoms with Crippen molar-refractivity contribution in [3.63, 3.8) is 0 Å². The Morgan fingerprint density at radius 1 is 0.821 bits per heavy atom. The van der Waals surface area contributed by atoms with Gasteiger partial charge in [0.15, 0.2) is 0 Å². The van der Waals surface area contributed by atoms with Gasteiger partial charge in [0.1, 0.15) is 0 Å². The van der Waals surface area contributed by atoms with Crippen molar-refractivity contribution >= 4 is 27.3 Å². The number of benzene rings is 3. The molecule has 1 atom stereocenters. The molecule has 0 bridgehead atoms. The number of sulfonamides is 1. The van der Waals surface area contributed by atoms with Crippen LogP contribution in [0.2, 0.25) is 0 Å². The van der Waals surface area contributed by atoms with Crippen LogP contribution >= 0.6 is 0 Å². The molecule has 0 aliphatic rings. The van der Waals surface area contributed by atoms with Gasteiger partial charge < -0.3 is 0 Å². The quantitative estimate of drug-likeness (QED) is 0.494. The second-order valence-electron chi connectivity index (χ2n) is 6.27. The molecule has 0 fully saturated rings. The van der Waals surface area contributed by atoms with Gasteiger partial charge in [-0.1, -0.05) is 60.7 Å². The van der Waals surface area contributed by atoms with Gasteiger partial charge in [0.25, 0.3) is 5.91 Å². The van der Waals surface area contributed by atoms with Crippen LogP contribution < -0.4 is 9.79 Å². The monoisotopic (exact) mass is 396 g/mol. The number of carbonyl (C=O) groups is 1. The summed E-state index contributed by atoms with van der Waals surface area (Å²) in [6.45, 7) is 0. The van der Waals surface area contributed by atoms with E-state index in [-0.39, 0.29) is 0 Å². The van der Waals surface area contributed by atoms with Gasteiger partial charge in [0.2, 0.25) is 10.0 Å². The van der Waals surface area contributed by atoms with Crippen molar-refractivity contribution in [3.8, 4) is 0 Å². The molecule has 0 aromatic heterocycles. The zero-order valence-electron chi connectivity index (χ0n) is 15.2. The van der Waals surface area contributed by atoms with Gasteiger partial charge in [-0.05, 0) is 35.4 Å². The fourth-order valence-corrected chi connectivity index (χ4v) is 4.11. The minimum absolute atomic E-state index is 0.452. The molecule has 144 valence electrons. The number of carbonyl (C=O) groups excluding carboxylic acids is 1. The molecular formula is C21H20N2O4S. The predicted octanol–water partition coefficient (Wildman–Crippen LogP) is 3.42. The number of hydrogen-bond donors (Lipinski definition) is 2. The van der Waals surface area contributed by atoms with E-state index in [0.717, 1.165) is 6.26 Å². The smallest absolute Gasteiger partial charge is 0.255 e. The standard InChI is InChI=1S/C21H20N2O4S/c1-28(26,27)23(18-10-6-3-7-11-18)19-14-12-17(13-15-19)20(21(24)22-25)16-8-4-2-5-9-16/h2-15,20,25H,1H3,(H,22,24). The molecule has 0 aliphatic heterocycles. The summed E-state index contributed by atoms with van der Waals surface area (Å²) >= 11 is 0. The Labute approximate surface area is 164 Å². The highest BCUT2D eigenvalue weighted by Crippen LogP contribution is 2.31. The summed E-state index contributed by atoms with van der Waals surface area (Å²) in [6, 6.07) is 24.4. The zero-order valence-corrected chi connectivity index (χ0v) is 16.0. The third-order valence-corrected chi connectivity index (χ3v) is 5.37. The van der Waals surface area contributed by atoms with Crippen LogP contribution in [0.3, 0.4) is 0 Å². The molecule has 3 aromatic rings. The Balaban J connectivity index is 2.02. The van der Waals surface area contributed by atoms with E-state index in [4.69, 9.17) is 5.21 Å². The highest BCUT2D eigenvalue weighted by molar-refractivity contribution is 7.92. The molecule has 3 aromatic carbocycles. The van der Waals surface area contributed by atoms with E-state index in [2.05, 4.69) is 0 Å². The number of hydrogen-bond acceptors (Lipinski definition) is 4. The molecule has 1 unspecified atom stereocenters. The first kappa shape index (κ1) is 19.6. The SMILES string of the molecule is CS(=O)(=O)N(c1ccccc1)c1ccc(C(C(=O)NO)c2ccccc2)cc1. The van der Waals surface area contributed by atoms with Crippen LogP contribution in [0.15, 0.2) is 84.9 Å². The lowest BCUT2D eigenvalue weighted by atomic mass is 9.90. The molecule has 28 heavy (non-hydrogen) atoms. The number of anilines is 2. The lowest BCUT2D eigenvalue weighted by Gasteiger charge is -2.23. The third kappa shape index (κ3) is 4.21. The maximum Gasteiger partial charge on any atom is 0.255 e. The summed E-state index contributed by atoms with van der Waals surface area (Å²) in [5.74, 6) is -1.29. The van der Waals surface area contributed by atoms with E-state index in [1.165, 1.54) is 4.31 Å². The van der Waals surface area contributed by atoms with Crippen LogP contribution in [0, 0.1) is 0 Å². The Morgan fingerprint density at radius 3 is 1.79 bits per heavy atom. The molecule has 3 rings (SSSR count). The summed E-state index contributed by atoms with van der Waals surface area (Å²) in [4.78, 5) is 12.2. The number of nitrogens with one attached hydrogen (secondary N) is 1. The summed E-state index contributed by atoms with van der Waals surface area (Å²) in [6.07, 6.45) is 1.14. The van der Waals surface area contributed by atoms with E-state index in [0.29, 0.717) is 22.5 Å². The Bertz CT molecular complexity index is 1040. The van der Waals surface area contributed by atoms with E-state index in [9.17, 15) is 13.2 Å². The molecule has 0 spiro atoms. The largest absolute Gasteiger partial charge is 0.289 e. The van der Waals surface area contributed by atoms with Crippen LogP contribution in [0.5, 0.6) is 0 Å².